The van der Waals surface area contributed by atoms with Gasteiger partial charge < -0.3 is 10.4 Å². The summed E-state index contributed by atoms with van der Waals surface area (Å²) in [5.74, 6) is -1.21. The summed E-state index contributed by atoms with van der Waals surface area (Å²) >= 11 is 0. The molecule has 1 atom stereocenters. The summed E-state index contributed by atoms with van der Waals surface area (Å²) in [5, 5.41) is 12.0. The van der Waals surface area contributed by atoms with Crippen LogP contribution in [0, 0.1) is 20.8 Å². The Morgan fingerprint density at radius 2 is 1.91 bits per heavy atom. The Balaban J connectivity index is 2.32. The first-order valence-electron chi connectivity index (χ1n) is 6.79. The molecular weight excluding hydrogens is 282 g/mol. The number of carbonyl (C=O) groups excluding carboxylic acids is 1. The molecule has 6 nitrogen and oxygen atoms in total. The molecule has 0 spiro atoms. The zero-order valence-electron chi connectivity index (χ0n) is 12.6. The lowest BCUT2D eigenvalue weighted by atomic mass is 9.97. The van der Waals surface area contributed by atoms with Crippen LogP contribution in [0.15, 0.2) is 30.5 Å². The minimum atomic E-state index is -1.12. The number of nitrogens with one attached hydrogen (secondary N) is 1. The fraction of sp³-hybridized carbons (Fsp3) is 0.250. The van der Waals surface area contributed by atoms with Gasteiger partial charge in [-0.25, -0.2) is 14.8 Å². The first kappa shape index (κ1) is 15.6. The Labute approximate surface area is 128 Å². The van der Waals surface area contributed by atoms with Crippen molar-refractivity contribution >= 4 is 11.9 Å². The van der Waals surface area contributed by atoms with Crippen molar-refractivity contribution in [2.24, 2.45) is 0 Å². The van der Waals surface area contributed by atoms with Crippen LogP contribution in [0.5, 0.6) is 0 Å². The zero-order valence-corrected chi connectivity index (χ0v) is 12.6. The van der Waals surface area contributed by atoms with E-state index in [2.05, 4.69) is 15.3 Å². The SMILES string of the molecule is Cc1nccc(C(=O)NC(C(=O)O)c2cccc(C)c2C)n1. The molecule has 0 saturated heterocycles. The quantitative estimate of drug-likeness (QED) is 0.900. The standard InChI is InChI=1S/C16H17N3O3/c1-9-5-4-6-12(10(9)2)14(16(21)22)19-15(20)13-7-8-17-11(3)18-13/h4-8,14H,1-3H3,(H,19,20)(H,21,22). The molecule has 0 bridgehead atoms. The topological polar surface area (TPSA) is 92.2 Å². The van der Waals surface area contributed by atoms with Crippen LogP contribution >= 0.6 is 0 Å². The number of aliphatic carboxylic acids is 1. The molecule has 2 N–H and O–H groups in total. The number of carboxylic acids is 1. The summed E-state index contributed by atoms with van der Waals surface area (Å²) in [6.45, 7) is 5.39. The molecule has 0 aliphatic rings. The monoisotopic (exact) mass is 299 g/mol. The fourth-order valence-corrected chi connectivity index (χ4v) is 2.15. The number of carboxylic acid groups (broad SMARTS) is 1. The van der Waals surface area contributed by atoms with Crippen molar-refractivity contribution in [2.75, 3.05) is 0 Å². The number of aromatic nitrogens is 2. The van der Waals surface area contributed by atoms with Crippen molar-refractivity contribution in [3.05, 3.63) is 58.7 Å². The second-order valence-corrected chi connectivity index (χ2v) is 5.02. The summed E-state index contributed by atoms with van der Waals surface area (Å²) in [6, 6.07) is 5.70. The van der Waals surface area contributed by atoms with E-state index in [0.717, 1.165) is 11.1 Å². The third-order valence-electron chi connectivity index (χ3n) is 3.49. The van der Waals surface area contributed by atoms with Crippen LogP contribution in [0.3, 0.4) is 0 Å². The molecule has 2 aromatic rings. The van der Waals surface area contributed by atoms with E-state index in [-0.39, 0.29) is 5.69 Å². The maximum atomic E-state index is 12.2. The van der Waals surface area contributed by atoms with Crippen LogP contribution in [0.25, 0.3) is 0 Å². The number of rotatable bonds is 4. The van der Waals surface area contributed by atoms with Crippen LogP contribution in [0.2, 0.25) is 0 Å². The molecule has 6 heteroatoms. The highest BCUT2D eigenvalue weighted by Crippen LogP contribution is 2.21. The number of benzene rings is 1. The number of carbonyl (C=O) groups is 2. The molecule has 22 heavy (non-hydrogen) atoms. The molecule has 0 aliphatic carbocycles. The zero-order chi connectivity index (χ0) is 16.3. The number of hydrogen-bond acceptors (Lipinski definition) is 4. The highest BCUT2D eigenvalue weighted by atomic mass is 16.4. The lowest BCUT2D eigenvalue weighted by Gasteiger charge is -2.18. The van der Waals surface area contributed by atoms with Gasteiger partial charge in [0, 0.05) is 6.20 Å². The van der Waals surface area contributed by atoms with E-state index in [9.17, 15) is 14.7 Å². The van der Waals surface area contributed by atoms with E-state index in [0.29, 0.717) is 11.4 Å². The summed E-state index contributed by atoms with van der Waals surface area (Å²) in [7, 11) is 0. The summed E-state index contributed by atoms with van der Waals surface area (Å²) in [4.78, 5) is 31.7. The van der Waals surface area contributed by atoms with Gasteiger partial charge in [-0.05, 0) is 43.5 Å². The second-order valence-electron chi connectivity index (χ2n) is 5.02. The van der Waals surface area contributed by atoms with E-state index >= 15 is 0 Å². The van der Waals surface area contributed by atoms with Crippen molar-refractivity contribution in [1.29, 1.82) is 0 Å². The summed E-state index contributed by atoms with van der Waals surface area (Å²) in [5.41, 5.74) is 2.51. The molecule has 1 aromatic heterocycles. The van der Waals surface area contributed by atoms with E-state index in [4.69, 9.17) is 0 Å². The summed E-state index contributed by atoms with van der Waals surface area (Å²) in [6.07, 6.45) is 1.46. The first-order valence-corrected chi connectivity index (χ1v) is 6.79. The van der Waals surface area contributed by atoms with Crippen molar-refractivity contribution in [3.8, 4) is 0 Å². The van der Waals surface area contributed by atoms with Crippen molar-refractivity contribution in [3.63, 3.8) is 0 Å². The number of hydrogen-bond donors (Lipinski definition) is 2. The normalized spacial score (nSPS) is 11.8. The van der Waals surface area contributed by atoms with Gasteiger partial charge in [0.1, 0.15) is 11.5 Å². The number of amides is 1. The second kappa shape index (κ2) is 6.34. The van der Waals surface area contributed by atoms with Gasteiger partial charge in [0.15, 0.2) is 6.04 Å². The molecule has 0 radical (unpaired) electrons. The van der Waals surface area contributed by atoms with E-state index < -0.39 is 17.9 Å². The number of aryl methyl sites for hydroxylation is 2. The Morgan fingerprint density at radius 3 is 2.55 bits per heavy atom. The van der Waals surface area contributed by atoms with Gasteiger partial charge in [-0.3, -0.25) is 4.79 Å². The Morgan fingerprint density at radius 1 is 1.18 bits per heavy atom. The minimum absolute atomic E-state index is 0.143. The van der Waals surface area contributed by atoms with Gasteiger partial charge in [0.2, 0.25) is 0 Å². The van der Waals surface area contributed by atoms with Gasteiger partial charge in [-0.1, -0.05) is 18.2 Å². The molecule has 1 amide bonds. The molecule has 1 aromatic carbocycles. The average Bonchev–Trinajstić information content (AvgIpc) is 2.47. The van der Waals surface area contributed by atoms with Crippen LogP contribution < -0.4 is 5.32 Å². The lowest BCUT2D eigenvalue weighted by molar-refractivity contribution is -0.139. The molecule has 0 saturated carbocycles. The van der Waals surface area contributed by atoms with Crippen LogP contribution in [-0.4, -0.2) is 27.0 Å². The van der Waals surface area contributed by atoms with E-state index in [1.807, 2.05) is 19.9 Å². The molecule has 114 valence electrons. The van der Waals surface area contributed by atoms with Gasteiger partial charge >= 0.3 is 5.97 Å². The van der Waals surface area contributed by atoms with Crippen LogP contribution in [0.4, 0.5) is 0 Å². The van der Waals surface area contributed by atoms with Crippen LogP contribution in [-0.2, 0) is 4.79 Å². The fourth-order valence-electron chi connectivity index (χ4n) is 2.15. The maximum Gasteiger partial charge on any atom is 0.330 e. The molecule has 0 aliphatic heterocycles. The predicted octanol–water partition coefficient (Wildman–Crippen LogP) is 1.96. The van der Waals surface area contributed by atoms with Crippen molar-refractivity contribution in [1.82, 2.24) is 15.3 Å². The molecule has 2 rings (SSSR count). The first-order chi connectivity index (χ1) is 10.4. The predicted molar refractivity (Wildman–Crippen MR) is 80.5 cm³/mol. The maximum absolute atomic E-state index is 12.2. The summed E-state index contributed by atoms with van der Waals surface area (Å²) < 4.78 is 0. The van der Waals surface area contributed by atoms with Gasteiger partial charge in [-0.15, -0.1) is 0 Å². The third-order valence-corrected chi connectivity index (χ3v) is 3.49. The molecule has 1 unspecified atom stereocenters. The average molecular weight is 299 g/mol. The van der Waals surface area contributed by atoms with E-state index in [1.54, 1.807) is 19.1 Å². The van der Waals surface area contributed by atoms with Crippen molar-refractivity contribution < 1.29 is 14.7 Å². The molecule has 1 heterocycles. The van der Waals surface area contributed by atoms with E-state index in [1.165, 1.54) is 12.3 Å². The molecule has 0 fully saturated rings. The smallest absolute Gasteiger partial charge is 0.330 e. The largest absolute Gasteiger partial charge is 0.479 e. The molecular formula is C16H17N3O3. The van der Waals surface area contributed by atoms with Crippen molar-refractivity contribution in [2.45, 2.75) is 26.8 Å². The minimum Gasteiger partial charge on any atom is -0.479 e. The Kier molecular flexibility index (Phi) is 4.50. The lowest BCUT2D eigenvalue weighted by Crippen LogP contribution is -2.34. The van der Waals surface area contributed by atoms with Crippen LogP contribution in [0.1, 0.15) is 39.0 Å². The number of nitrogens with zero attached hydrogens (tertiary/aromatic N) is 2. The highest BCUT2D eigenvalue weighted by molar-refractivity contribution is 5.95. The van der Waals surface area contributed by atoms with Gasteiger partial charge in [0.25, 0.3) is 5.91 Å². The van der Waals surface area contributed by atoms with Gasteiger partial charge in [0.05, 0.1) is 0 Å². The third kappa shape index (κ3) is 3.28. The highest BCUT2D eigenvalue weighted by Gasteiger charge is 2.25. The Bertz CT molecular complexity index is 728. The van der Waals surface area contributed by atoms with Gasteiger partial charge in [-0.2, -0.15) is 0 Å². The Hall–Kier alpha value is -2.76.